The molecular weight excluding hydrogens is 388 g/mol. The predicted octanol–water partition coefficient (Wildman–Crippen LogP) is 3.58. The third-order valence-electron chi connectivity index (χ3n) is 4.10. The Hall–Kier alpha value is -4.60. The van der Waals surface area contributed by atoms with Crippen molar-refractivity contribution in [2.75, 3.05) is 0 Å². The summed E-state index contributed by atoms with van der Waals surface area (Å²) in [6.07, 6.45) is 0. The Morgan fingerprint density at radius 2 is 0.900 bits per heavy atom. The van der Waals surface area contributed by atoms with E-state index in [9.17, 15) is 20.2 Å². The Labute approximate surface area is 170 Å². The number of benzene rings is 3. The minimum absolute atomic E-state index is 0.0281. The van der Waals surface area contributed by atoms with Crippen molar-refractivity contribution in [2.45, 2.75) is 0 Å². The van der Waals surface area contributed by atoms with Crippen molar-refractivity contribution in [1.82, 2.24) is 0 Å². The van der Waals surface area contributed by atoms with Gasteiger partial charge in [-0.1, -0.05) is 24.3 Å². The van der Waals surface area contributed by atoms with E-state index in [1.807, 2.05) is 0 Å². The van der Waals surface area contributed by atoms with Crippen LogP contribution in [0, 0.1) is 20.2 Å². The molecule has 3 rings (SSSR count). The molecule has 30 heavy (non-hydrogen) atoms. The normalized spacial score (nSPS) is 11.9. The summed E-state index contributed by atoms with van der Waals surface area (Å²) in [5, 5.41) is 21.4. The molecule has 150 valence electrons. The molecule has 3 aromatic carbocycles. The molecule has 4 N–H and O–H groups in total. The van der Waals surface area contributed by atoms with Crippen molar-refractivity contribution < 1.29 is 9.85 Å². The van der Waals surface area contributed by atoms with Gasteiger partial charge in [-0.25, -0.2) is 9.98 Å². The summed E-state index contributed by atoms with van der Waals surface area (Å²) in [5.41, 5.74) is 14.2. The number of non-ortho nitro benzene ring substituents is 2. The summed E-state index contributed by atoms with van der Waals surface area (Å²) in [7, 11) is 0. The van der Waals surface area contributed by atoms with Crippen molar-refractivity contribution in [2.24, 2.45) is 21.5 Å². The molecule has 10 nitrogen and oxygen atoms in total. The number of nitro groups is 2. The van der Waals surface area contributed by atoms with Gasteiger partial charge in [-0.15, -0.1) is 0 Å². The Balaban J connectivity index is 1.76. The molecular formula is C20H16N6O4. The van der Waals surface area contributed by atoms with Gasteiger partial charge in [0, 0.05) is 35.4 Å². The number of rotatable bonds is 6. The average Bonchev–Trinajstić information content (AvgIpc) is 2.74. The van der Waals surface area contributed by atoms with Crippen molar-refractivity contribution in [3.05, 3.63) is 104 Å². The van der Waals surface area contributed by atoms with Crippen LogP contribution in [0.3, 0.4) is 0 Å². The highest BCUT2D eigenvalue weighted by Gasteiger charge is 2.07. The molecule has 0 fully saturated rings. The van der Waals surface area contributed by atoms with E-state index >= 15 is 0 Å². The van der Waals surface area contributed by atoms with E-state index < -0.39 is 9.85 Å². The first kappa shape index (κ1) is 20.1. The first-order valence-electron chi connectivity index (χ1n) is 8.61. The zero-order chi connectivity index (χ0) is 21.7. The lowest BCUT2D eigenvalue weighted by molar-refractivity contribution is -0.385. The predicted molar refractivity (Wildman–Crippen MR) is 113 cm³/mol. The van der Waals surface area contributed by atoms with Gasteiger partial charge >= 0.3 is 0 Å². The molecule has 0 bridgehead atoms. The van der Waals surface area contributed by atoms with Gasteiger partial charge in [0.1, 0.15) is 11.7 Å². The Bertz CT molecular complexity index is 1040. The lowest BCUT2D eigenvalue weighted by Gasteiger charge is -2.05. The molecule has 0 aromatic heterocycles. The molecule has 0 amide bonds. The quantitative estimate of drug-likeness (QED) is 0.276. The highest BCUT2D eigenvalue weighted by atomic mass is 16.6. The molecule has 0 unspecified atom stereocenters. The monoisotopic (exact) mass is 404 g/mol. The zero-order valence-corrected chi connectivity index (χ0v) is 15.5. The van der Waals surface area contributed by atoms with Gasteiger partial charge in [0.25, 0.3) is 11.4 Å². The summed E-state index contributed by atoms with van der Waals surface area (Å²) in [5.74, 6) is 0.475. The number of hydrogen-bond donors (Lipinski definition) is 2. The number of nitrogens with two attached hydrogens (primary N) is 2. The number of hydrogen-bond acceptors (Lipinski definition) is 6. The van der Waals surface area contributed by atoms with Gasteiger partial charge in [0.2, 0.25) is 0 Å². The SMILES string of the molecule is NC(=Nc1ccc([N+](=O)[O-])cc1)c1ccc(C(N)=Nc2ccc([N+](=O)[O-])cc2)cc1. The maximum absolute atomic E-state index is 10.7. The van der Waals surface area contributed by atoms with Gasteiger partial charge in [0.05, 0.1) is 21.2 Å². The second-order valence-corrected chi connectivity index (χ2v) is 6.12. The van der Waals surface area contributed by atoms with Crippen LogP contribution in [0.2, 0.25) is 0 Å². The van der Waals surface area contributed by atoms with Crippen molar-refractivity contribution in [3.8, 4) is 0 Å². The first-order valence-corrected chi connectivity index (χ1v) is 8.61. The molecule has 0 radical (unpaired) electrons. The fraction of sp³-hybridized carbons (Fsp3) is 0. The van der Waals surface area contributed by atoms with E-state index in [-0.39, 0.29) is 23.0 Å². The van der Waals surface area contributed by atoms with Crippen LogP contribution < -0.4 is 11.5 Å². The van der Waals surface area contributed by atoms with Crippen molar-refractivity contribution >= 4 is 34.4 Å². The molecule has 0 saturated carbocycles. The summed E-state index contributed by atoms with van der Waals surface area (Å²) >= 11 is 0. The molecule has 0 atom stereocenters. The summed E-state index contributed by atoms with van der Waals surface area (Å²) in [6, 6.07) is 18.3. The first-order chi connectivity index (χ1) is 14.3. The standard InChI is InChI=1S/C20H16N6O4/c21-19(23-15-5-9-17(10-6-15)25(27)28)13-1-2-14(4-3-13)20(22)24-16-7-11-18(12-8-16)26(29)30/h1-12H,(H2,21,23)(H2,22,24). The molecule has 0 heterocycles. The minimum Gasteiger partial charge on any atom is -0.383 e. The van der Waals surface area contributed by atoms with Crippen LogP contribution in [0.4, 0.5) is 22.7 Å². The second-order valence-electron chi connectivity index (χ2n) is 6.12. The highest BCUT2D eigenvalue weighted by Crippen LogP contribution is 2.20. The molecule has 0 spiro atoms. The average molecular weight is 404 g/mol. The van der Waals surface area contributed by atoms with Gasteiger partial charge in [0.15, 0.2) is 0 Å². The van der Waals surface area contributed by atoms with Crippen LogP contribution >= 0.6 is 0 Å². The third kappa shape index (κ3) is 4.81. The zero-order valence-electron chi connectivity index (χ0n) is 15.5. The molecule has 10 heteroatoms. The largest absolute Gasteiger partial charge is 0.383 e. The number of nitrogens with zero attached hydrogens (tertiary/aromatic N) is 4. The van der Waals surface area contributed by atoms with Crippen molar-refractivity contribution in [3.63, 3.8) is 0 Å². The van der Waals surface area contributed by atoms with Crippen LogP contribution in [0.15, 0.2) is 82.8 Å². The van der Waals surface area contributed by atoms with Crippen LogP contribution in [0.1, 0.15) is 11.1 Å². The van der Waals surface area contributed by atoms with Gasteiger partial charge in [-0.3, -0.25) is 20.2 Å². The maximum Gasteiger partial charge on any atom is 0.269 e. The molecule has 0 aliphatic carbocycles. The highest BCUT2D eigenvalue weighted by molar-refractivity contribution is 6.02. The van der Waals surface area contributed by atoms with E-state index in [2.05, 4.69) is 9.98 Å². The lowest BCUT2D eigenvalue weighted by atomic mass is 10.1. The maximum atomic E-state index is 10.7. The number of aliphatic imine (C=N–C) groups is 2. The van der Waals surface area contributed by atoms with Crippen LogP contribution in [0.25, 0.3) is 0 Å². The third-order valence-corrected chi connectivity index (χ3v) is 4.10. The fourth-order valence-electron chi connectivity index (χ4n) is 2.52. The van der Waals surface area contributed by atoms with Gasteiger partial charge < -0.3 is 11.5 Å². The van der Waals surface area contributed by atoms with Gasteiger partial charge in [-0.2, -0.15) is 0 Å². The molecule has 0 saturated heterocycles. The van der Waals surface area contributed by atoms with Crippen molar-refractivity contribution in [1.29, 1.82) is 0 Å². The Kier molecular flexibility index (Phi) is 5.78. The van der Waals surface area contributed by atoms with Crippen LogP contribution in [-0.4, -0.2) is 21.5 Å². The minimum atomic E-state index is -0.488. The van der Waals surface area contributed by atoms with E-state index in [0.717, 1.165) is 0 Å². The Morgan fingerprint density at radius 1 is 0.600 bits per heavy atom. The summed E-state index contributed by atoms with van der Waals surface area (Å²) in [4.78, 5) is 28.9. The summed E-state index contributed by atoms with van der Waals surface area (Å²) < 4.78 is 0. The van der Waals surface area contributed by atoms with Gasteiger partial charge in [-0.05, 0) is 24.3 Å². The smallest absolute Gasteiger partial charge is 0.269 e. The molecule has 0 aliphatic rings. The fourth-order valence-corrected chi connectivity index (χ4v) is 2.52. The summed E-state index contributed by atoms with van der Waals surface area (Å²) in [6.45, 7) is 0. The second kappa shape index (κ2) is 8.61. The van der Waals surface area contributed by atoms with E-state index in [4.69, 9.17) is 11.5 Å². The Morgan fingerprint density at radius 3 is 1.17 bits per heavy atom. The lowest BCUT2D eigenvalue weighted by Crippen LogP contribution is -2.15. The van der Waals surface area contributed by atoms with E-state index in [0.29, 0.717) is 22.5 Å². The van der Waals surface area contributed by atoms with E-state index in [1.54, 1.807) is 24.3 Å². The van der Waals surface area contributed by atoms with Crippen LogP contribution in [-0.2, 0) is 0 Å². The van der Waals surface area contributed by atoms with E-state index in [1.165, 1.54) is 48.5 Å². The topological polar surface area (TPSA) is 163 Å². The molecule has 0 aliphatic heterocycles. The number of nitro benzene ring substituents is 2. The van der Waals surface area contributed by atoms with Crippen LogP contribution in [0.5, 0.6) is 0 Å². The number of amidine groups is 2. The molecule has 3 aromatic rings.